The van der Waals surface area contributed by atoms with Crippen molar-refractivity contribution in [2.75, 3.05) is 0 Å². The second kappa shape index (κ2) is 12.5. The van der Waals surface area contributed by atoms with E-state index in [4.69, 9.17) is 9.16 Å². The molecule has 2 nitrogen and oxygen atoms in total. The number of aryl methyl sites for hydroxylation is 1. The first-order valence-electron chi connectivity index (χ1n) is 13.7. The van der Waals surface area contributed by atoms with Crippen molar-refractivity contribution in [2.24, 2.45) is 0 Å². The van der Waals surface area contributed by atoms with E-state index >= 15 is 0 Å². The first-order valence-corrected chi connectivity index (χ1v) is 16.6. The Morgan fingerprint density at radius 1 is 0.971 bits per heavy atom. The lowest BCUT2D eigenvalue weighted by Crippen LogP contribution is -2.44. The van der Waals surface area contributed by atoms with Gasteiger partial charge in [0.05, 0.1) is 0 Å². The van der Waals surface area contributed by atoms with Crippen LogP contribution >= 0.6 is 0 Å². The van der Waals surface area contributed by atoms with E-state index in [1.165, 1.54) is 28.7 Å². The van der Waals surface area contributed by atoms with Gasteiger partial charge in [0.15, 0.2) is 5.75 Å². The van der Waals surface area contributed by atoms with Crippen molar-refractivity contribution >= 4 is 8.32 Å². The third-order valence-electron chi connectivity index (χ3n) is 7.79. The summed E-state index contributed by atoms with van der Waals surface area (Å²) in [5.41, 5.74) is 5.55. The van der Waals surface area contributed by atoms with Gasteiger partial charge in [0.1, 0.15) is 11.4 Å². The van der Waals surface area contributed by atoms with Gasteiger partial charge >= 0.3 is 0 Å². The van der Waals surface area contributed by atoms with Crippen molar-refractivity contribution in [3.05, 3.63) is 58.7 Å². The van der Waals surface area contributed by atoms with E-state index in [1.54, 1.807) is 0 Å². The molecule has 1 heterocycles. The average Bonchev–Trinajstić information content (AvgIpc) is 2.73. The van der Waals surface area contributed by atoms with Crippen LogP contribution in [0.5, 0.6) is 11.5 Å². The van der Waals surface area contributed by atoms with Crippen LogP contribution in [0.2, 0.25) is 18.1 Å². The summed E-state index contributed by atoms with van der Waals surface area (Å²) in [6.07, 6.45) is 16.0. The zero-order valence-corrected chi connectivity index (χ0v) is 25.4. The molecule has 1 atom stereocenters. The molecule has 0 spiro atoms. The summed E-state index contributed by atoms with van der Waals surface area (Å²) >= 11 is 0. The fourth-order valence-electron chi connectivity index (χ4n) is 4.22. The minimum absolute atomic E-state index is 0.141. The Hall–Kier alpha value is -1.74. The van der Waals surface area contributed by atoms with Crippen LogP contribution in [0.4, 0.5) is 0 Å². The number of fused-ring (bicyclic) bond motifs is 1. The van der Waals surface area contributed by atoms with Crippen molar-refractivity contribution in [3.8, 4) is 11.5 Å². The van der Waals surface area contributed by atoms with Gasteiger partial charge in [-0.25, -0.2) is 0 Å². The van der Waals surface area contributed by atoms with E-state index in [0.717, 1.165) is 56.4 Å². The van der Waals surface area contributed by atoms with Crippen molar-refractivity contribution in [3.63, 3.8) is 0 Å². The molecule has 0 radical (unpaired) electrons. The minimum atomic E-state index is -1.92. The van der Waals surface area contributed by atoms with Crippen LogP contribution in [0.1, 0.15) is 106 Å². The van der Waals surface area contributed by atoms with E-state index in [9.17, 15) is 0 Å². The zero-order chi connectivity index (χ0) is 26.3. The van der Waals surface area contributed by atoms with Crippen LogP contribution in [0, 0.1) is 0 Å². The van der Waals surface area contributed by atoms with E-state index in [2.05, 4.69) is 105 Å². The normalized spacial score (nSPS) is 19.1. The van der Waals surface area contributed by atoms with Gasteiger partial charge in [-0.05, 0) is 116 Å². The van der Waals surface area contributed by atoms with Gasteiger partial charge in [-0.15, -0.1) is 0 Å². The lowest BCUT2D eigenvalue weighted by Gasteiger charge is -2.40. The Labute approximate surface area is 218 Å². The minimum Gasteiger partial charge on any atom is -0.541 e. The number of benzene rings is 1. The highest BCUT2D eigenvalue weighted by Crippen LogP contribution is 2.45. The van der Waals surface area contributed by atoms with Crippen molar-refractivity contribution in [1.82, 2.24) is 0 Å². The Morgan fingerprint density at radius 3 is 2.17 bits per heavy atom. The number of hydrogen-bond donors (Lipinski definition) is 0. The van der Waals surface area contributed by atoms with Gasteiger partial charge in [0.2, 0.25) is 0 Å². The number of para-hydroxylation sites is 1. The fourth-order valence-corrected chi connectivity index (χ4v) is 5.23. The first-order chi connectivity index (χ1) is 16.2. The van der Waals surface area contributed by atoms with Gasteiger partial charge in [-0.1, -0.05) is 67.9 Å². The maximum atomic E-state index is 6.71. The molecule has 1 aromatic rings. The maximum Gasteiger partial charge on any atom is 0.250 e. The van der Waals surface area contributed by atoms with Crippen LogP contribution in [0.3, 0.4) is 0 Å². The topological polar surface area (TPSA) is 18.5 Å². The summed E-state index contributed by atoms with van der Waals surface area (Å²) in [6, 6.07) is 6.42. The smallest absolute Gasteiger partial charge is 0.250 e. The van der Waals surface area contributed by atoms with Gasteiger partial charge in [-0.3, -0.25) is 0 Å². The predicted molar refractivity (Wildman–Crippen MR) is 156 cm³/mol. The van der Waals surface area contributed by atoms with E-state index in [1.807, 2.05) is 0 Å². The molecule has 0 amide bonds. The van der Waals surface area contributed by atoms with Gasteiger partial charge in [0.25, 0.3) is 8.32 Å². The summed E-state index contributed by atoms with van der Waals surface area (Å²) in [5.74, 6) is 1.93. The summed E-state index contributed by atoms with van der Waals surface area (Å²) in [4.78, 5) is 0. The average molecular weight is 497 g/mol. The summed E-state index contributed by atoms with van der Waals surface area (Å²) < 4.78 is 13.4. The Kier molecular flexibility index (Phi) is 10.5. The quantitative estimate of drug-likeness (QED) is 0.224. The molecule has 1 aromatic carbocycles. The van der Waals surface area contributed by atoms with Crippen LogP contribution < -0.4 is 9.16 Å². The zero-order valence-electron chi connectivity index (χ0n) is 24.4. The summed E-state index contributed by atoms with van der Waals surface area (Å²) in [7, 11) is -1.92. The third-order valence-corrected chi connectivity index (χ3v) is 12.1. The Balaban J connectivity index is 1.94. The Morgan fingerprint density at radius 2 is 1.57 bits per heavy atom. The van der Waals surface area contributed by atoms with Crippen LogP contribution in [0.15, 0.2) is 53.1 Å². The molecule has 0 fully saturated rings. The lowest BCUT2D eigenvalue weighted by atomic mass is 9.88. The van der Waals surface area contributed by atoms with Crippen molar-refractivity contribution < 1.29 is 9.16 Å². The molecule has 0 N–H and O–H groups in total. The molecule has 1 aliphatic rings. The van der Waals surface area contributed by atoms with Crippen molar-refractivity contribution in [1.29, 1.82) is 0 Å². The lowest BCUT2D eigenvalue weighted by molar-refractivity contribution is 0.0547. The van der Waals surface area contributed by atoms with Crippen molar-refractivity contribution in [2.45, 2.75) is 130 Å². The molecule has 0 aliphatic carbocycles. The second-order valence-corrected chi connectivity index (χ2v) is 17.4. The summed E-state index contributed by atoms with van der Waals surface area (Å²) in [5, 5.41) is 0.162. The Bertz CT molecular complexity index is 925. The molecular weight excluding hydrogens is 444 g/mol. The predicted octanol–water partition coefficient (Wildman–Crippen LogP) is 10.4. The van der Waals surface area contributed by atoms with Crippen LogP contribution in [-0.2, 0) is 6.42 Å². The fraction of sp³-hybridized carbons (Fsp3) is 0.625. The third kappa shape index (κ3) is 9.33. The number of rotatable bonds is 11. The van der Waals surface area contributed by atoms with Gasteiger partial charge < -0.3 is 9.16 Å². The molecule has 35 heavy (non-hydrogen) atoms. The highest BCUT2D eigenvalue weighted by atomic mass is 28.4. The molecule has 196 valence electrons. The number of hydrogen-bond acceptors (Lipinski definition) is 2. The number of ether oxygens (including phenoxy) is 1. The molecule has 1 unspecified atom stereocenters. The molecular formula is C32H52O2Si. The standard InChI is InChI=1S/C32H52O2Si/c1-25(2)15-11-16-26(3)17-12-18-27(4)19-14-23-32(8)24-22-28-20-13-21-29(30(28)33-32)34-35(9,10)31(5,6)7/h13,15,17,19-21H,11-12,14,16,18,22-24H2,1-10H3/b26-17+,27-19+. The first kappa shape index (κ1) is 29.5. The van der Waals surface area contributed by atoms with Crippen LogP contribution in [0.25, 0.3) is 0 Å². The van der Waals surface area contributed by atoms with E-state index in [-0.39, 0.29) is 10.6 Å². The molecule has 0 aromatic heterocycles. The van der Waals surface area contributed by atoms with Gasteiger partial charge in [0, 0.05) is 0 Å². The highest BCUT2D eigenvalue weighted by molar-refractivity contribution is 6.74. The summed E-state index contributed by atoms with van der Waals surface area (Å²) in [6.45, 7) is 22.6. The van der Waals surface area contributed by atoms with E-state index in [0.29, 0.717) is 0 Å². The largest absolute Gasteiger partial charge is 0.541 e. The molecule has 1 aliphatic heterocycles. The molecule has 3 heteroatoms. The molecule has 2 rings (SSSR count). The maximum absolute atomic E-state index is 6.71. The monoisotopic (exact) mass is 496 g/mol. The second-order valence-electron chi connectivity index (χ2n) is 12.7. The molecule has 0 bridgehead atoms. The van der Waals surface area contributed by atoms with Crippen LogP contribution in [-0.4, -0.2) is 13.9 Å². The molecule has 0 saturated carbocycles. The number of allylic oxidation sites excluding steroid dienone is 6. The SMILES string of the molecule is CC(C)=CCC/C(C)=C/CC/C(C)=C/CCC1(C)CCc2cccc(O[Si](C)(C)C(C)(C)C)c2O1. The molecule has 0 saturated heterocycles. The van der Waals surface area contributed by atoms with Gasteiger partial charge in [-0.2, -0.15) is 0 Å². The highest BCUT2D eigenvalue weighted by Gasteiger charge is 2.41. The van der Waals surface area contributed by atoms with E-state index < -0.39 is 8.32 Å².